The van der Waals surface area contributed by atoms with Crippen LogP contribution in [0.2, 0.25) is 0 Å². The Labute approximate surface area is 133 Å². The Kier molecular flexibility index (Phi) is 4.02. The quantitative estimate of drug-likeness (QED) is 0.675. The van der Waals surface area contributed by atoms with Gasteiger partial charge in [-0.2, -0.15) is 0 Å². The first-order valence-electron chi connectivity index (χ1n) is 7.11. The van der Waals surface area contributed by atoms with Crippen molar-refractivity contribution in [2.24, 2.45) is 0 Å². The third kappa shape index (κ3) is 2.65. The number of halogens is 1. The molecule has 1 heterocycles. The molecule has 0 saturated heterocycles. The van der Waals surface area contributed by atoms with Gasteiger partial charge in [0, 0.05) is 29.5 Å². The lowest BCUT2D eigenvalue weighted by Gasteiger charge is -2.10. The van der Waals surface area contributed by atoms with Crippen LogP contribution in [-0.4, -0.2) is 25.1 Å². The minimum atomic E-state index is -0.281. The first-order valence-corrected chi connectivity index (χ1v) is 7.11. The van der Waals surface area contributed by atoms with Crippen LogP contribution < -0.4 is 9.47 Å². The van der Waals surface area contributed by atoms with E-state index in [0.717, 1.165) is 11.8 Å². The van der Waals surface area contributed by atoms with Crippen molar-refractivity contribution in [3.8, 4) is 11.5 Å². The maximum Gasteiger partial charge on any atom is 0.152 e. The maximum atomic E-state index is 13.9. The van der Waals surface area contributed by atoms with Crippen molar-refractivity contribution in [3.63, 3.8) is 0 Å². The number of methoxy groups -OCH3 is 2. The Morgan fingerprint density at radius 1 is 1.17 bits per heavy atom. The number of aldehydes is 1. The van der Waals surface area contributed by atoms with Crippen molar-refractivity contribution in [1.29, 1.82) is 0 Å². The molecule has 3 aromatic rings. The van der Waals surface area contributed by atoms with E-state index in [1.807, 2.05) is 10.6 Å². The highest BCUT2D eigenvalue weighted by Crippen LogP contribution is 2.34. The standard InChI is InChI=1S/C18H16FNO3/c1-22-14-7-16-18(17(8-14)23-2)13(11-21)10-20(16)9-12-5-3-4-6-15(12)19/h3-8,10-11H,9H2,1-2H3. The fourth-order valence-electron chi connectivity index (χ4n) is 2.70. The molecule has 0 radical (unpaired) electrons. The summed E-state index contributed by atoms with van der Waals surface area (Å²) in [5, 5.41) is 0.694. The van der Waals surface area contributed by atoms with Crippen LogP contribution >= 0.6 is 0 Å². The van der Waals surface area contributed by atoms with Gasteiger partial charge in [-0.05, 0) is 6.07 Å². The van der Waals surface area contributed by atoms with Gasteiger partial charge in [0.2, 0.25) is 0 Å². The van der Waals surface area contributed by atoms with E-state index in [1.165, 1.54) is 13.2 Å². The zero-order valence-corrected chi connectivity index (χ0v) is 12.9. The molecule has 0 saturated carbocycles. The summed E-state index contributed by atoms with van der Waals surface area (Å²) in [6, 6.07) is 10.1. The molecule has 0 aliphatic heterocycles. The first-order chi connectivity index (χ1) is 11.2. The van der Waals surface area contributed by atoms with Crippen LogP contribution in [0.5, 0.6) is 11.5 Å². The minimum Gasteiger partial charge on any atom is -0.497 e. The summed E-state index contributed by atoms with van der Waals surface area (Å²) in [6.45, 7) is 0.313. The molecule has 0 atom stereocenters. The van der Waals surface area contributed by atoms with Gasteiger partial charge in [-0.15, -0.1) is 0 Å². The fourth-order valence-corrected chi connectivity index (χ4v) is 2.70. The lowest BCUT2D eigenvalue weighted by molar-refractivity contribution is 0.112. The van der Waals surface area contributed by atoms with Crippen LogP contribution in [-0.2, 0) is 6.54 Å². The molecule has 118 valence electrons. The molecule has 0 bridgehead atoms. The molecule has 0 aliphatic carbocycles. The van der Waals surface area contributed by atoms with Crippen molar-refractivity contribution in [1.82, 2.24) is 4.57 Å². The van der Waals surface area contributed by atoms with Gasteiger partial charge in [-0.25, -0.2) is 4.39 Å². The molecule has 4 nitrogen and oxygen atoms in total. The predicted octanol–water partition coefficient (Wildman–Crippen LogP) is 3.66. The minimum absolute atomic E-state index is 0.281. The number of hydrogen-bond acceptors (Lipinski definition) is 3. The lowest BCUT2D eigenvalue weighted by atomic mass is 10.1. The highest BCUT2D eigenvalue weighted by Gasteiger charge is 2.16. The third-order valence-corrected chi connectivity index (χ3v) is 3.83. The van der Waals surface area contributed by atoms with Crippen LogP contribution in [0.4, 0.5) is 4.39 Å². The van der Waals surface area contributed by atoms with Crippen LogP contribution in [0.1, 0.15) is 15.9 Å². The summed E-state index contributed by atoms with van der Waals surface area (Å²) in [6.07, 6.45) is 2.47. The van der Waals surface area contributed by atoms with Gasteiger partial charge in [0.1, 0.15) is 17.3 Å². The van der Waals surface area contributed by atoms with E-state index in [2.05, 4.69) is 0 Å². The SMILES string of the molecule is COc1cc(OC)c2c(C=O)cn(Cc3ccccc3F)c2c1. The van der Waals surface area contributed by atoms with Gasteiger partial charge in [-0.3, -0.25) is 4.79 Å². The van der Waals surface area contributed by atoms with Crippen LogP contribution in [0, 0.1) is 5.82 Å². The molecule has 0 fully saturated rings. The van der Waals surface area contributed by atoms with Gasteiger partial charge in [0.15, 0.2) is 6.29 Å². The number of carbonyl (C=O) groups excluding carboxylic acids is 1. The van der Waals surface area contributed by atoms with E-state index in [-0.39, 0.29) is 5.82 Å². The monoisotopic (exact) mass is 313 g/mol. The average molecular weight is 313 g/mol. The summed E-state index contributed by atoms with van der Waals surface area (Å²) in [5.74, 6) is 0.880. The zero-order valence-electron chi connectivity index (χ0n) is 12.9. The third-order valence-electron chi connectivity index (χ3n) is 3.83. The Morgan fingerprint density at radius 2 is 1.96 bits per heavy atom. The molecule has 0 spiro atoms. The second-order valence-electron chi connectivity index (χ2n) is 5.15. The summed E-state index contributed by atoms with van der Waals surface area (Å²) in [4.78, 5) is 11.4. The Morgan fingerprint density at radius 3 is 2.61 bits per heavy atom. The normalized spacial score (nSPS) is 10.7. The van der Waals surface area contributed by atoms with Gasteiger partial charge in [-0.1, -0.05) is 18.2 Å². The molecule has 0 unspecified atom stereocenters. The van der Waals surface area contributed by atoms with Crippen molar-refractivity contribution in [2.45, 2.75) is 6.54 Å². The highest BCUT2D eigenvalue weighted by atomic mass is 19.1. The number of rotatable bonds is 5. The number of carbonyl (C=O) groups is 1. The molecule has 5 heteroatoms. The van der Waals surface area contributed by atoms with Crippen LogP contribution in [0.3, 0.4) is 0 Å². The highest BCUT2D eigenvalue weighted by molar-refractivity contribution is 6.02. The van der Waals surface area contributed by atoms with Crippen molar-refractivity contribution < 1.29 is 18.7 Å². The number of aromatic nitrogens is 1. The van der Waals surface area contributed by atoms with E-state index >= 15 is 0 Å². The molecular formula is C18H16FNO3. The van der Waals surface area contributed by atoms with Crippen molar-refractivity contribution in [3.05, 3.63) is 59.5 Å². The summed E-state index contributed by atoms with van der Waals surface area (Å²) < 4.78 is 26.4. The Balaban J connectivity index is 2.21. The van der Waals surface area contributed by atoms with E-state index in [9.17, 15) is 9.18 Å². The molecule has 2 aromatic carbocycles. The molecule has 3 rings (SSSR count). The maximum absolute atomic E-state index is 13.9. The molecule has 0 aliphatic rings. The first kappa shape index (κ1) is 15.1. The van der Waals surface area contributed by atoms with Crippen LogP contribution in [0.25, 0.3) is 10.9 Å². The second-order valence-corrected chi connectivity index (χ2v) is 5.15. The Hall–Kier alpha value is -2.82. The number of nitrogens with zero attached hydrogens (tertiary/aromatic N) is 1. The van der Waals surface area contributed by atoms with E-state index < -0.39 is 0 Å². The average Bonchev–Trinajstić information content (AvgIpc) is 2.94. The predicted molar refractivity (Wildman–Crippen MR) is 85.9 cm³/mol. The van der Waals surface area contributed by atoms with Crippen molar-refractivity contribution >= 4 is 17.2 Å². The smallest absolute Gasteiger partial charge is 0.152 e. The fraction of sp³-hybridized carbons (Fsp3) is 0.167. The molecular weight excluding hydrogens is 297 g/mol. The van der Waals surface area contributed by atoms with E-state index in [4.69, 9.17) is 9.47 Å². The number of hydrogen-bond donors (Lipinski definition) is 0. The number of ether oxygens (including phenoxy) is 2. The molecule has 1 aromatic heterocycles. The molecule has 23 heavy (non-hydrogen) atoms. The van der Waals surface area contributed by atoms with Gasteiger partial charge >= 0.3 is 0 Å². The van der Waals surface area contributed by atoms with E-state index in [1.54, 1.807) is 37.6 Å². The van der Waals surface area contributed by atoms with Gasteiger partial charge in [0.05, 0.1) is 31.7 Å². The Bertz CT molecular complexity index is 870. The molecule has 0 amide bonds. The van der Waals surface area contributed by atoms with Gasteiger partial charge < -0.3 is 14.0 Å². The van der Waals surface area contributed by atoms with E-state index in [0.29, 0.717) is 34.6 Å². The molecule has 0 N–H and O–H groups in total. The second kappa shape index (κ2) is 6.12. The summed E-state index contributed by atoms with van der Waals surface area (Å²) in [7, 11) is 3.10. The van der Waals surface area contributed by atoms with Crippen molar-refractivity contribution in [2.75, 3.05) is 14.2 Å². The number of fused-ring (bicyclic) bond motifs is 1. The summed E-state index contributed by atoms with van der Waals surface area (Å²) >= 11 is 0. The summed E-state index contributed by atoms with van der Waals surface area (Å²) in [5.41, 5.74) is 1.80. The van der Waals surface area contributed by atoms with Gasteiger partial charge in [0.25, 0.3) is 0 Å². The topological polar surface area (TPSA) is 40.5 Å². The lowest BCUT2D eigenvalue weighted by Crippen LogP contribution is -2.00. The number of benzene rings is 2. The largest absolute Gasteiger partial charge is 0.497 e. The van der Waals surface area contributed by atoms with Crippen LogP contribution in [0.15, 0.2) is 42.6 Å². The zero-order chi connectivity index (χ0) is 16.4.